The van der Waals surface area contributed by atoms with Crippen molar-refractivity contribution >= 4 is 28.6 Å². The molecule has 4 rings (SSSR count). The van der Waals surface area contributed by atoms with Crippen LogP contribution in [0.15, 0.2) is 58.3 Å². The summed E-state index contributed by atoms with van der Waals surface area (Å²) in [4.78, 5) is 22.9. The predicted molar refractivity (Wildman–Crippen MR) is 109 cm³/mol. The number of rotatable bonds is 4. The second-order valence-corrected chi connectivity index (χ2v) is 7.84. The van der Waals surface area contributed by atoms with Gasteiger partial charge >= 0.3 is 0 Å². The molecule has 1 amide bonds. The van der Waals surface area contributed by atoms with Crippen molar-refractivity contribution in [1.29, 1.82) is 0 Å². The SMILES string of the molecule is COc1ccc2c(Sc3ccccc3)c(C(=O)N3CCN(C)CC3)[nH]c2c1. The lowest BCUT2D eigenvalue weighted by Gasteiger charge is -2.32. The molecule has 5 nitrogen and oxygen atoms in total. The Morgan fingerprint density at radius 1 is 1.07 bits per heavy atom. The van der Waals surface area contributed by atoms with Gasteiger partial charge in [0.2, 0.25) is 0 Å². The zero-order chi connectivity index (χ0) is 18.8. The van der Waals surface area contributed by atoms with Gasteiger partial charge in [0.1, 0.15) is 11.4 Å². The van der Waals surface area contributed by atoms with Gasteiger partial charge in [-0.1, -0.05) is 30.0 Å². The van der Waals surface area contributed by atoms with Gasteiger partial charge in [0, 0.05) is 42.5 Å². The molecule has 0 saturated carbocycles. The number of aromatic nitrogens is 1. The van der Waals surface area contributed by atoms with E-state index in [1.807, 2.05) is 41.3 Å². The normalized spacial score (nSPS) is 15.3. The maximum absolute atomic E-state index is 13.3. The van der Waals surface area contributed by atoms with Gasteiger partial charge in [-0.2, -0.15) is 0 Å². The second-order valence-electron chi connectivity index (χ2n) is 6.75. The number of aromatic amines is 1. The molecule has 27 heavy (non-hydrogen) atoms. The summed E-state index contributed by atoms with van der Waals surface area (Å²) in [7, 11) is 3.74. The molecule has 0 radical (unpaired) electrons. The number of nitrogens with one attached hydrogen (secondary N) is 1. The van der Waals surface area contributed by atoms with E-state index >= 15 is 0 Å². The molecule has 0 atom stereocenters. The van der Waals surface area contributed by atoms with E-state index < -0.39 is 0 Å². The number of carbonyl (C=O) groups excluding carboxylic acids is 1. The highest BCUT2D eigenvalue weighted by Crippen LogP contribution is 2.38. The van der Waals surface area contributed by atoms with Crippen molar-refractivity contribution in [3.63, 3.8) is 0 Å². The van der Waals surface area contributed by atoms with Gasteiger partial charge in [0.05, 0.1) is 17.5 Å². The highest BCUT2D eigenvalue weighted by molar-refractivity contribution is 7.99. The third-order valence-corrected chi connectivity index (χ3v) is 6.06. The van der Waals surface area contributed by atoms with Gasteiger partial charge in [-0.25, -0.2) is 0 Å². The lowest BCUT2D eigenvalue weighted by atomic mass is 10.2. The van der Waals surface area contributed by atoms with Crippen LogP contribution in [0.3, 0.4) is 0 Å². The molecule has 140 valence electrons. The summed E-state index contributed by atoms with van der Waals surface area (Å²) in [5, 5.41) is 1.04. The molecule has 3 aromatic rings. The Balaban J connectivity index is 1.75. The lowest BCUT2D eigenvalue weighted by Crippen LogP contribution is -2.47. The minimum absolute atomic E-state index is 0.0664. The van der Waals surface area contributed by atoms with Crippen LogP contribution in [0.2, 0.25) is 0 Å². The fourth-order valence-electron chi connectivity index (χ4n) is 3.31. The van der Waals surface area contributed by atoms with E-state index in [9.17, 15) is 4.79 Å². The molecule has 0 bridgehead atoms. The molecule has 6 heteroatoms. The number of fused-ring (bicyclic) bond motifs is 1. The Kier molecular flexibility index (Phi) is 5.09. The molecule has 2 aromatic carbocycles. The Bertz CT molecular complexity index is 947. The van der Waals surface area contributed by atoms with E-state index in [4.69, 9.17) is 4.74 Å². The Morgan fingerprint density at radius 3 is 2.52 bits per heavy atom. The summed E-state index contributed by atoms with van der Waals surface area (Å²) < 4.78 is 5.35. The maximum Gasteiger partial charge on any atom is 0.271 e. The van der Waals surface area contributed by atoms with E-state index in [0.29, 0.717) is 5.69 Å². The van der Waals surface area contributed by atoms with Crippen LogP contribution in [-0.4, -0.2) is 61.0 Å². The van der Waals surface area contributed by atoms with Crippen LogP contribution in [0, 0.1) is 0 Å². The molecule has 0 unspecified atom stereocenters. The Labute approximate surface area is 163 Å². The fraction of sp³-hybridized carbons (Fsp3) is 0.286. The van der Waals surface area contributed by atoms with Crippen LogP contribution in [-0.2, 0) is 0 Å². The molecule has 1 aromatic heterocycles. The Morgan fingerprint density at radius 2 is 1.81 bits per heavy atom. The van der Waals surface area contributed by atoms with Gasteiger partial charge < -0.3 is 19.5 Å². The number of H-pyrrole nitrogens is 1. The molecule has 1 aliphatic heterocycles. The molecule has 1 aliphatic rings. The molecular weight excluding hydrogens is 358 g/mol. The van der Waals surface area contributed by atoms with Gasteiger partial charge in [-0.15, -0.1) is 0 Å². The van der Waals surface area contributed by atoms with Crippen LogP contribution in [0.5, 0.6) is 5.75 Å². The van der Waals surface area contributed by atoms with E-state index in [1.54, 1.807) is 18.9 Å². The first-order valence-electron chi connectivity index (χ1n) is 9.06. The number of hydrogen-bond donors (Lipinski definition) is 1. The summed E-state index contributed by atoms with van der Waals surface area (Å²) in [6.07, 6.45) is 0. The number of ether oxygens (including phenoxy) is 1. The standard InChI is InChI=1S/C21H23N3O2S/c1-23-10-12-24(13-11-23)21(25)19-20(27-16-6-4-3-5-7-16)17-9-8-15(26-2)14-18(17)22-19/h3-9,14,22H,10-13H2,1-2H3. The average molecular weight is 382 g/mol. The van der Waals surface area contributed by atoms with Gasteiger partial charge in [-0.3, -0.25) is 4.79 Å². The van der Waals surface area contributed by atoms with E-state index in [-0.39, 0.29) is 5.91 Å². The molecule has 2 heterocycles. The first-order chi connectivity index (χ1) is 13.2. The fourth-order valence-corrected chi connectivity index (χ4v) is 4.37. The van der Waals surface area contributed by atoms with Crippen molar-refractivity contribution in [2.45, 2.75) is 9.79 Å². The van der Waals surface area contributed by atoms with Crippen LogP contribution in [0.1, 0.15) is 10.5 Å². The maximum atomic E-state index is 13.3. The minimum Gasteiger partial charge on any atom is -0.497 e. The van der Waals surface area contributed by atoms with Crippen molar-refractivity contribution in [3.05, 3.63) is 54.2 Å². The first-order valence-corrected chi connectivity index (χ1v) is 9.88. The third-order valence-electron chi connectivity index (χ3n) is 4.93. The van der Waals surface area contributed by atoms with Gasteiger partial charge in [0.25, 0.3) is 5.91 Å². The number of nitrogens with zero attached hydrogens (tertiary/aromatic N) is 2. The smallest absolute Gasteiger partial charge is 0.271 e. The van der Waals surface area contributed by atoms with E-state index in [2.05, 4.69) is 29.1 Å². The minimum atomic E-state index is 0.0664. The van der Waals surface area contributed by atoms with Gasteiger partial charge in [-0.05, 0) is 31.3 Å². The number of benzene rings is 2. The number of piperazine rings is 1. The summed E-state index contributed by atoms with van der Waals surface area (Å²) in [6, 6.07) is 16.1. The highest BCUT2D eigenvalue weighted by atomic mass is 32.2. The van der Waals surface area contributed by atoms with Crippen molar-refractivity contribution < 1.29 is 9.53 Å². The molecule has 0 spiro atoms. The van der Waals surface area contributed by atoms with Crippen LogP contribution in [0.25, 0.3) is 10.9 Å². The summed E-state index contributed by atoms with van der Waals surface area (Å²) in [5.41, 5.74) is 1.59. The predicted octanol–water partition coefficient (Wildman–Crippen LogP) is 3.72. The topological polar surface area (TPSA) is 48.6 Å². The third kappa shape index (κ3) is 3.68. The zero-order valence-electron chi connectivity index (χ0n) is 15.6. The molecule has 1 fully saturated rings. The van der Waals surface area contributed by atoms with Crippen LogP contribution < -0.4 is 4.74 Å². The number of hydrogen-bond acceptors (Lipinski definition) is 4. The largest absolute Gasteiger partial charge is 0.497 e. The lowest BCUT2D eigenvalue weighted by molar-refractivity contribution is 0.0655. The zero-order valence-corrected chi connectivity index (χ0v) is 16.4. The van der Waals surface area contributed by atoms with E-state index in [0.717, 1.165) is 52.6 Å². The van der Waals surface area contributed by atoms with Crippen LogP contribution in [0.4, 0.5) is 0 Å². The van der Waals surface area contributed by atoms with Crippen molar-refractivity contribution in [2.75, 3.05) is 40.3 Å². The summed E-state index contributed by atoms with van der Waals surface area (Å²) in [6.45, 7) is 3.31. The number of amides is 1. The summed E-state index contributed by atoms with van der Waals surface area (Å²) >= 11 is 1.63. The quantitative estimate of drug-likeness (QED) is 0.748. The molecule has 0 aliphatic carbocycles. The number of likely N-dealkylation sites (N-methyl/N-ethyl adjacent to an activating group) is 1. The van der Waals surface area contributed by atoms with E-state index in [1.165, 1.54) is 0 Å². The van der Waals surface area contributed by atoms with Crippen molar-refractivity contribution in [1.82, 2.24) is 14.8 Å². The first kappa shape index (κ1) is 17.9. The van der Waals surface area contributed by atoms with Crippen molar-refractivity contribution in [2.24, 2.45) is 0 Å². The van der Waals surface area contributed by atoms with Gasteiger partial charge in [0.15, 0.2) is 0 Å². The summed E-state index contributed by atoms with van der Waals surface area (Å²) in [5.74, 6) is 0.843. The van der Waals surface area contributed by atoms with Crippen molar-refractivity contribution in [3.8, 4) is 5.75 Å². The molecular formula is C21H23N3O2S. The number of carbonyl (C=O) groups is 1. The monoisotopic (exact) mass is 381 g/mol. The number of methoxy groups -OCH3 is 1. The average Bonchev–Trinajstić information content (AvgIpc) is 3.06. The van der Waals surface area contributed by atoms with Crippen LogP contribution >= 0.6 is 11.8 Å². The second kappa shape index (κ2) is 7.66. The Hall–Kier alpha value is -2.44. The molecule has 1 saturated heterocycles. The highest BCUT2D eigenvalue weighted by Gasteiger charge is 2.26. The molecule has 1 N–H and O–H groups in total.